The number of urea groups is 1. The second-order valence-corrected chi connectivity index (χ2v) is 7.81. The molecule has 3 aromatic rings. The Morgan fingerprint density at radius 1 is 1.03 bits per heavy atom. The number of nitrogens with zero attached hydrogens (tertiary/aromatic N) is 2. The Morgan fingerprint density at radius 3 is 2.47 bits per heavy atom. The smallest absolute Gasteiger partial charge is 0.335 e. The van der Waals surface area contributed by atoms with Crippen molar-refractivity contribution in [1.29, 1.82) is 0 Å². The van der Waals surface area contributed by atoms with E-state index in [1.54, 1.807) is 24.3 Å². The molecule has 0 spiro atoms. The van der Waals surface area contributed by atoms with Gasteiger partial charge in [-0.1, -0.05) is 35.3 Å². The largest absolute Gasteiger partial charge is 0.495 e. The molecule has 1 N–H and O–H groups in total. The molecule has 0 unspecified atom stereocenters. The van der Waals surface area contributed by atoms with Crippen LogP contribution in [-0.4, -0.2) is 29.5 Å². The molecule has 1 saturated heterocycles. The van der Waals surface area contributed by atoms with Gasteiger partial charge in [0.1, 0.15) is 11.3 Å². The Morgan fingerprint density at radius 2 is 1.78 bits per heavy atom. The number of carbonyl (C=O) groups excluding carboxylic acids is 3. The van der Waals surface area contributed by atoms with Gasteiger partial charge in [0.25, 0.3) is 11.8 Å². The number of hydrogen-bond donors (Lipinski definition) is 1. The standard InChI is InChI=1S/C23H17Cl2N3O4/c1-32-20-9-8-17(12-19(20)25)28-22(30)18(21(29)26-23(28)31)11-16-3-2-10-27(16)13-14-4-6-15(24)7-5-14/h2-12H,13H2,1H3,(H,26,29,31)/b18-11-. The van der Waals surface area contributed by atoms with Crippen molar-refractivity contribution in [2.75, 3.05) is 12.0 Å². The van der Waals surface area contributed by atoms with Gasteiger partial charge in [0.15, 0.2) is 0 Å². The van der Waals surface area contributed by atoms with E-state index in [0.717, 1.165) is 10.5 Å². The molecule has 9 heteroatoms. The van der Waals surface area contributed by atoms with Gasteiger partial charge >= 0.3 is 6.03 Å². The Bertz CT molecular complexity index is 1250. The van der Waals surface area contributed by atoms with Crippen LogP contribution in [0.3, 0.4) is 0 Å². The van der Waals surface area contributed by atoms with E-state index in [1.807, 2.05) is 22.9 Å². The van der Waals surface area contributed by atoms with Crippen LogP contribution in [0, 0.1) is 0 Å². The number of carbonyl (C=O) groups is 3. The van der Waals surface area contributed by atoms with Gasteiger partial charge in [0.2, 0.25) is 0 Å². The molecule has 4 amide bonds. The highest BCUT2D eigenvalue weighted by molar-refractivity contribution is 6.39. The maximum atomic E-state index is 13.1. The minimum absolute atomic E-state index is 0.174. The molecule has 0 aliphatic carbocycles. The van der Waals surface area contributed by atoms with Crippen LogP contribution in [0.5, 0.6) is 5.75 Å². The maximum Gasteiger partial charge on any atom is 0.335 e. The molecular formula is C23H17Cl2N3O4. The molecule has 1 aliphatic heterocycles. The molecule has 0 atom stereocenters. The number of benzene rings is 2. The Balaban J connectivity index is 1.66. The number of anilines is 1. The molecule has 2 heterocycles. The van der Waals surface area contributed by atoms with Crippen molar-refractivity contribution in [2.45, 2.75) is 6.54 Å². The minimum atomic E-state index is -0.852. The highest BCUT2D eigenvalue weighted by Gasteiger charge is 2.37. The van der Waals surface area contributed by atoms with Gasteiger partial charge in [-0.3, -0.25) is 14.9 Å². The summed E-state index contributed by atoms with van der Waals surface area (Å²) in [6.45, 7) is 0.510. The first-order valence-corrected chi connectivity index (χ1v) is 10.3. The minimum Gasteiger partial charge on any atom is -0.495 e. The zero-order valence-electron chi connectivity index (χ0n) is 16.8. The van der Waals surface area contributed by atoms with Crippen LogP contribution in [-0.2, 0) is 16.1 Å². The summed E-state index contributed by atoms with van der Waals surface area (Å²) < 4.78 is 6.98. The quantitative estimate of drug-likeness (QED) is 0.439. The fraction of sp³-hybridized carbons (Fsp3) is 0.0870. The number of amides is 4. The van der Waals surface area contributed by atoms with Crippen LogP contribution < -0.4 is 15.0 Å². The summed E-state index contributed by atoms with van der Waals surface area (Å²) in [4.78, 5) is 38.9. The van der Waals surface area contributed by atoms with Crippen LogP contribution in [0.1, 0.15) is 11.3 Å². The molecule has 0 bridgehead atoms. The lowest BCUT2D eigenvalue weighted by Crippen LogP contribution is -2.54. The van der Waals surface area contributed by atoms with Gasteiger partial charge < -0.3 is 9.30 Å². The lowest BCUT2D eigenvalue weighted by molar-refractivity contribution is -0.122. The molecule has 162 valence electrons. The maximum absolute atomic E-state index is 13.1. The van der Waals surface area contributed by atoms with E-state index in [2.05, 4.69) is 5.32 Å². The van der Waals surface area contributed by atoms with Gasteiger partial charge in [-0.05, 0) is 54.1 Å². The highest BCUT2D eigenvalue weighted by Crippen LogP contribution is 2.31. The number of hydrogen-bond acceptors (Lipinski definition) is 4. The second kappa shape index (κ2) is 8.90. The van der Waals surface area contributed by atoms with E-state index in [-0.39, 0.29) is 16.3 Å². The predicted molar refractivity (Wildman–Crippen MR) is 122 cm³/mol. The Hall–Kier alpha value is -3.55. The molecule has 1 fully saturated rings. The molecular weight excluding hydrogens is 453 g/mol. The zero-order chi connectivity index (χ0) is 22.8. The van der Waals surface area contributed by atoms with Crippen molar-refractivity contribution >= 4 is 52.8 Å². The van der Waals surface area contributed by atoms with Gasteiger partial charge in [-0.2, -0.15) is 0 Å². The summed E-state index contributed by atoms with van der Waals surface area (Å²) in [5.41, 5.74) is 1.66. The van der Waals surface area contributed by atoms with Gasteiger partial charge in [-0.15, -0.1) is 0 Å². The first-order valence-electron chi connectivity index (χ1n) is 9.52. The summed E-state index contributed by atoms with van der Waals surface area (Å²) in [7, 11) is 1.46. The fourth-order valence-electron chi connectivity index (χ4n) is 3.32. The van der Waals surface area contributed by atoms with E-state index >= 15 is 0 Å². The zero-order valence-corrected chi connectivity index (χ0v) is 18.4. The normalized spacial score (nSPS) is 15.3. The van der Waals surface area contributed by atoms with Crippen molar-refractivity contribution in [3.8, 4) is 5.75 Å². The molecule has 1 aliphatic rings. The van der Waals surface area contributed by atoms with Crippen LogP contribution in [0.4, 0.5) is 10.5 Å². The third-order valence-corrected chi connectivity index (χ3v) is 5.47. The molecule has 0 radical (unpaired) electrons. The van der Waals surface area contributed by atoms with Crippen molar-refractivity contribution in [1.82, 2.24) is 9.88 Å². The van der Waals surface area contributed by atoms with E-state index < -0.39 is 17.8 Å². The number of nitrogens with one attached hydrogen (secondary N) is 1. The van der Waals surface area contributed by atoms with Crippen molar-refractivity contribution < 1.29 is 19.1 Å². The van der Waals surface area contributed by atoms with Gasteiger partial charge in [0, 0.05) is 23.5 Å². The summed E-state index contributed by atoms with van der Waals surface area (Å²) in [6, 6.07) is 14.6. The average molecular weight is 470 g/mol. The molecule has 0 saturated carbocycles. The molecule has 4 rings (SSSR count). The van der Waals surface area contributed by atoms with Crippen molar-refractivity contribution in [3.63, 3.8) is 0 Å². The average Bonchev–Trinajstić information content (AvgIpc) is 3.19. The predicted octanol–water partition coefficient (Wildman–Crippen LogP) is 4.52. The lowest BCUT2D eigenvalue weighted by atomic mass is 10.1. The number of imide groups is 2. The molecule has 7 nitrogen and oxygen atoms in total. The number of halogens is 2. The van der Waals surface area contributed by atoms with Crippen molar-refractivity contribution in [2.24, 2.45) is 0 Å². The second-order valence-electron chi connectivity index (χ2n) is 6.96. The first kappa shape index (κ1) is 21.7. The van der Waals surface area contributed by atoms with Crippen LogP contribution in [0.25, 0.3) is 6.08 Å². The van der Waals surface area contributed by atoms with Crippen LogP contribution >= 0.6 is 23.2 Å². The summed E-state index contributed by atoms with van der Waals surface area (Å²) in [6.07, 6.45) is 3.29. The molecule has 2 aromatic carbocycles. The van der Waals surface area contributed by atoms with E-state index in [9.17, 15) is 14.4 Å². The third kappa shape index (κ3) is 4.26. The topological polar surface area (TPSA) is 80.6 Å². The SMILES string of the molecule is COc1ccc(N2C(=O)NC(=O)/C(=C/c3cccn3Cc3ccc(Cl)cc3)C2=O)cc1Cl. The van der Waals surface area contributed by atoms with E-state index in [4.69, 9.17) is 27.9 Å². The lowest BCUT2D eigenvalue weighted by Gasteiger charge is -2.26. The van der Waals surface area contributed by atoms with E-state index in [1.165, 1.54) is 31.4 Å². The number of aromatic nitrogens is 1. The first-order chi connectivity index (χ1) is 15.4. The Labute approximate surface area is 193 Å². The number of rotatable bonds is 5. The van der Waals surface area contributed by atoms with Gasteiger partial charge in [-0.25, -0.2) is 9.69 Å². The number of ether oxygens (including phenoxy) is 1. The summed E-state index contributed by atoms with van der Waals surface area (Å²) in [5, 5.41) is 3.07. The number of barbiturate groups is 1. The Kier molecular flexibility index (Phi) is 6.03. The van der Waals surface area contributed by atoms with Gasteiger partial charge in [0.05, 0.1) is 17.8 Å². The highest BCUT2D eigenvalue weighted by atomic mass is 35.5. The van der Waals surface area contributed by atoms with Crippen LogP contribution in [0.2, 0.25) is 10.0 Å². The molecule has 1 aromatic heterocycles. The fourth-order valence-corrected chi connectivity index (χ4v) is 3.70. The monoisotopic (exact) mass is 469 g/mol. The summed E-state index contributed by atoms with van der Waals surface area (Å²) >= 11 is 12.1. The third-order valence-electron chi connectivity index (χ3n) is 4.92. The summed E-state index contributed by atoms with van der Waals surface area (Å²) in [5.74, 6) is -1.12. The molecule has 32 heavy (non-hydrogen) atoms. The van der Waals surface area contributed by atoms with Crippen molar-refractivity contribution in [3.05, 3.63) is 87.7 Å². The van der Waals surface area contributed by atoms with E-state index in [0.29, 0.717) is 23.0 Å². The number of methoxy groups -OCH3 is 1. The van der Waals surface area contributed by atoms with Crippen LogP contribution in [0.15, 0.2) is 66.4 Å².